The van der Waals surface area contributed by atoms with Crippen LogP contribution in [-0.2, 0) is 0 Å². The fraction of sp³-hybridized carbons (Fsp3) is 0.0952. The Kier molecular flexibility index (Phi) is 5.53. The first-order valence-electron chi connectivity index (χ1n) is 8.90. The quantitative estimate of drug-likeness (QED) is 0.202. The fourth-order valence-electron chi connectivity index (χ4n) is 2.58. The van der Waals surface area contributed by atoms with Crippen LogP contribution < -0.4 is 14.9 Å². The number of carbonyl (C=O) groups is 1. The van der Waals surface area contributed by atoms with Crippen molar-refractivity contribution in [2.45, 2.75) is 6.92 Å². The number of para-hydroxylation sites is 1. The van der Waals surface area contributed by atoms with Crippen LogP contribution in [-0.4, -0.2) is 23.8 Å². The predicted molar refractivity (Wildman–Crippen MR) is 112 cm³/mol. The number of anilines is 1. The topological polar surface area (TPSA) is 86.0 Å². The number of carbonyl (C=O) groups excluding carboxylic acids is 1. The maximum absolute atomic E-state index is 12.1. The highest BCUT2D eigenvalue weighted by Gasteiger charge is 2.15. The third-order valence-corrected chi connectivity index (χ3v) is 4.80. The molecule has 0 aliphatic carbocycles. The Morgan fingerprint density at radius 2 is 2.10 bits per heavy atom. The number of benzene rings is 2. The van der Waals surface area contributed by atoms with Gasteiger partial charge in [-0.1, -0.05) is 23.5 Å². The molecule has 4 aromatic rings. The number of hydrogen-bond acceptors (Lipinski definition) is 8. The Labute approximate surface area is 170 Å². The van der Waals surface area contributed by atoms with E-state index in [2.05, 4.69) is 15.5 Å². The Balaban J connectivity index is 1.47. The maximum Gasteiger partial charge on any atom is 0.379 e. The summed E-state index contributed by atoms with van der Waals surface area (Å²) >= 11 is 1.52. The Hall–Kier alpha value is -3.65. The van der Waals surface area contributed by atoms with Crippen LogP contribution in [0, 0.1) is 0 Å². The van der Waals surface area contributed by atoms with Crippen molar-refractivity contribution in [3.05, 3.63) is 72.2 Å². The van der Waals surface area contributed by atoms with Gasteiger partial charge >= 0.3 is 5.97 Å². The average Bonchev–Trinajstić information content (AvgIpc) is 3.39. The molecular formula is C21H17N3O4S. The maximum atomic E-state index is 12.1. The number of nitrogens with zero attached hydrogens (tertiary/aromatic N) is 2. The first kappa shape index (κ1) is 18.7. The van der Waals surface area contributed by atoms with Gasteiger partial charge in [-0.25, -0.2) is 9.78 Å². The molecule has 0 saturated carbocycles. The molecule has 0 amide bonds. The van der Waals surface area contributed by atoms with E-state index in [1.165, 1.54) is 23.7 Å². The Bertz CT molecular complexity index is 1120. The number of aromatic nitrogens is 1. The van der Waals surface area contributed by atoms with E-state index in [1.807, 2.05) is 31.2 Å². The van der Waals surface area contributed by atoms with Crippen molar-refractivity contribution in [3.8, 4) is 11.5 Å². The number of nitrogens with one attached hydrogen (secondary N) is 1. The molecule has 0 aliphatic heterocycles. The van der Waals surface area contributed by atoms with E-state index in [4.69, 9.17) is 13.9 Å². The van der Waals surface area contributed by atoms with Crippen LogP contribution in [0.4, 0.5) is 5.13 Å². The molecule has 0 spiro atoms. The lowest BCUT2D eigenvalue weighted by Gasteiger charge is -2.10. The lowest BCUT2D eigenvalue weighted by Crippen LogP contribution is -2.09. The molecule has 0 radical (unpaired) electrons. The zero-order chi connectivity index (χ0) is 20.1. The van der Waals surface area contributed by atoms with Crippen molar-refractivity contribution in [3.63, 3.8) is 0 Å². The zero-order valence-electron chi connectivity index (χ0n) is 15.5. The molecule has 0 unspecified atom stereocenters. The molecule has 29 heavy (non-hydrogen) atoms. The number of ether oxygens (including phenoxy) is 2. The number of furan rings is 1. The summed E-state index contributed by atoms with van der Waals surface area (Å²) in [6, 6.07) is 16.2. The van der Waals surface area contributed by atoms with E-state index in [0.717, 1.165) is 15.8 Å². The molecule has 0 atom stereocenters. The van der Waals surface area contributed by atoms with Crippen LogP contribution >= 0.6 is 11.3 Å². The predicted octanol–water partition coefficient (Wildman–Crippen LogP) is 4.95. The van der Waals surface area contributed by atoms with E-state index in [1.54, 1.807) is 30.5 Å². The number of hydrazone groups is 1. The van der Waals surface area contributed by atoms with Gasteiger partial charge in [-0.15, -0.1) is 0 Å². The number of rotatable bonds is 7. The van der Waals surface area contributed by atoms with Crippen molar-refractivity contribution in [2.24, 2.45) is 5.10 Å². The van der Waals surface area contributed by atoms with Gasteiger partial charge in [0.2, 0.25) is 10.9 Å². The van der Waals surface area contributed by atoms with Crippen molar-refractivity contribution < 1.29 is 18.7 Å². The molecule has 4 rings (SSSR count). The van der Waals surface area contributed by atoms with E-state index < -0.39 is 5.97 Å². The summed E-state index contributed by atoms with van der Waals surface area (Å²) < 4.78 is 17.1. The normalized spacial score (nSPS) is 11.1. The zero-order valence-corrected chi connectivity index (χ0v) is 16.3. The van der Waals surface area contributed by atoms with E-state index in [-0.39, 0.29) is 5.76 Å². The van der Waals surface area contributed by atoms with Gasteiger partial charge in [0.1, 0.15) is 0 Å². The van der Waals surface area contributed by atoms with Crippen LogP contribution in [0.5, 0.6) is 11.5 Å². The SMILES string of the molecule is CCOc1cc(/C=N/Nc2nc3ccccc3s2)ccc1OC(=O)c1ccco1. The first-order valence-corrected chi connectivity index (χ1v) is 9.72. The monoisotopic (exact) mass is 407 g/mol. The highest BCUT2D eigenvalue weighted by atomic mass is 32.1. The summed E-state index contributed by atoms with van der Waals surface area (Å²) in [6.07, 6.45) is 3.06. The molecule has 7 nitrogen and oxygen atoms in total. The van der Waals surface area contributed by atoms with Crippen LogP contribution in [0.2, 0.25) is 0 Å². The molecule has 2 heterocycles. The first-order chi connectivity index (χ1) is 14.2. The van der Waals surface area contributed by atoms with E-state index in [0.29, 0.717) is 23.2 Å². The Morgan fingerprint density at radius 1 is 1.21 bits per heavy atom. The second-order valence-corrected chi connectivity index (χ2v) is 6.89. The summed E-state index contributed by atoms with van der Waals surface area (Å²) in [5.41, 5.74) is 4.64. The average molecular weight is 407 g/mol. The van der Waals surface area contributed by atoms with Gasteiger partial charge in [0.05, 0.1) is 29.3 Å². The summed E-state index contributed by atoms with van der Waals surface area (Å²) in [7, 11) is 0. The van der Waals surface area contributed by atoms with Gasteiger partial charge in [0.25, 0.3) is 0 Å². The smallest absolute Gasteiger partial charge is 0.379 e. The van der Waals surface area contributed by atoms with Crippen LogP contribution in [0.15, 0.2) is 70.4 Å². The van der Waals surface area contributed by atoms with Gasteiger partial charge < -0.3 is 13.9 Å². The molecule has 2 aromatic heterocycles. The lowest BCUT2D eigenvalue weighted by molar-refractivity contribution is 0.0695. The van der Waals surface area contributed by atoms with E-state index in [9.17, 15) is 4.79 Å². The van der Waals surface area contributed by atoms with Crippen LogP contribution in [0.1, 0.15) is 23.0 Å². The molecule has 8 heteroatoms. The number of esters is 1. The molecule has 0 bridgehead atoms. The van der Waals surface area contributed by atoms with E-state index >= 15 is 0 Å². The van der Waals surface area contributed by atoms with Crippen LogP contribution in [0.25, 0.3) is 10.2 Å². The number of thiazole rings is 1. The van der Waals surface area contributed by atoms with Crippen molar-refractivity contribution in [1.29, 1.82) is 0 Å². The second-order valence-electron chi connectivity index (χ2n) is 5.86. The molecular weight excluding hydrogens is 390 g/mol. The molecule has 146 valence electrons. The van der Waals surface area contributed by atoms with Gasteiger partial charge in [0.15, 0.2) is 11.5 Å². The third kappa shape index (κ3) is 4.44. The number of hydrogen-bond donors (Lipinski definition) is 1. The van der Waals surface area contributed by atoms with Crippen molar-refractivity contribution >= 4 is 38.9 Å². The van der Waals surface area contributed by atoms with Gasteiger partial charge in [-0.2, -0.15) is 5.10 Å². The second kappa shape index (κ2) is 8.57. The lowest BCUT2D eigenvalue weighted by atomic mass is 10.2. The highest BCUT2D eigenvalue weighted by molar-refractivity contribution is 7.22. The summed E-state index contributed by atoms with van der Waals surface area (Å²) in [4.78, 5) is 16.6. The summed E-state index contributed by atoms with van der Waals surface area (Å²) in [5, 5.41) is 4.94. The van der Waals surface area contributed by atoms with Crippen LogP contribution in [0.3, 0.4) is 0 Å². The third-order valence-electron chi connectivity index (χ3n) is 3.86. The number of fused-ring (bicyclic) bond motifs is 1. The minimum Gasteiger partial charge on any atom is -0.490 e. The fourth-order valence-corrected chi connectivity index (χ4v) is 3.40. The van der Waals surface area contributed by atoms with Crippen molar-refractivity contribution in [1.82, 2.24) is 4.98 Å². The van der Waals surface area contributed by atoms with Gasteiger partial charge in [-0.3, -0.25) is 5.43 Å². The largest absolute Gasteiger partial charge is 0.490 e. The molecule has 0 saturated heterocycles. The molecule has 0 fully saturated rings. The summed E-state index contributed by atoms with van der Waals surface area (Å²) in [5.74, 6) is 0.286. The molecule has 2 aromatic carbocycles. The van der Waals surface area contributed by atoms with Gasteiger partial charge in [-0.05, 0) is 55.0 Å². The van der Waals surface area contributed by atoms with Crippen molar-refractivity contribution in [2.75, 3.05) is 12.0 Å². The Morgan fingerprint density at radius 3 is 2.90 bits per heavy atom. The summed E-state index contributed by atoms with van der Waals surface area (Å²) in [6.45, 7) is 2.28. The molecule has 0 aliphatic rings. The highest BCUT2D eigenvalue weighted by Crippen LogP contribution is 2.29. The van der Waals surface area contributed by atoms with Gasteiger partial charge in [0, 0.05) is 0 Å². The molecule has 1 N–H and O–H groups in total. The standard InChI is InChI=1S/C21H17N3O4S/c1-2-26-18-12-14(9-10-16(18)28-20(25)17-7-5-11-27-17)13-22-24-21-23-15-6-3-4-8-19(15)29-21/h3-13H,2H2,1H3,(H,23,24)/b22-13+. The minimum atomic E-state index is -0.588. The minimum absolute atomic E-state index is 0.123.